The molecule has 3 heterocycles. The molecule has 3 fully saturated rings. The highest BCUT2D eigenvalue weighted by Gasteiger charge is 2.43. The lowest BCUT2D eigenvalue weighted by Gasteiger charge is -2.40. The smallest absolute Gasteiger partial charge is 0.290 e. The summed E-state index contributed by atoms with van der Waals surface area (Å²) in [5.74, 6) is 1.52. The van der Waals surface area contributed by atoms with Crippen LogP contribution in [0.4, 0.5) is 0 Å². The average Bonchev–Trinajstić information content (AvgIpc) is 3.38. The fourth-order valence-electron chi connectivity index (χ4n) is 4.87. The molecule has 4 rings (SSSR count). The van der Waals surface area contributed by atoms with Gasteiger partial charge in [0.15, 0.2) is 0 Å². The van der Waals surface area contributed by atoms with Gasteiger partial charge in [0, 0.05) is 30.6 Å². The van der Waals surface area contributed by atoms with E-state index in [1.165, 1.54) is 55.9 Å². The van der Waals surface area contributed by atoms with Gasteiger partial charge >= 0.3 is 0 Å². The summed E-state index contributed by atoms with van der Waals surface area (Å²) in [6.45, 7) is 7.67. The highest BCUT2D eigenvalue weighted by atomic mass is 32.1. The Balaban J connectivity index is 0.000000418. The van der Waals surface area contributed by atoms with Crippen molar-refractivity contribution in [2.75, 3.05) is 26.2 Å². The fourth-order valence-corrected chi connectivity index (χ4v) is 5.82. The highest BCUT2D eigenvalue weighted by Crippen LogP contribution is 2.39. The third kappa shape index (κ3) is 6.01. The van der Waals surface area contributed by atoms with E-state index >= 15 is 0 Å². The molecule has 0 radical (unpaired) electrons. The molecule has 0 amide bonds. The summed E-state index contributed by atoms with van der Waals surface area (Å²) in [4.78, 5) is 23.4. The number of aryl methyl sites for hydroxylation is 1. The molecule has 158 valence electrons. The van der Waals surface area contributed by atoms with Crippen LogP contribution in [0.15, 0.2) is 11.4 Å². The molecule has 28 heavy (non-hydrogen) atoms. The van der Waals surface area contributed by atoms with Gasteiger partial charge in [0.2, 0.25) is 0 Å². The number of carbonyl (C=O) groups is 2. The topological polar surface area (TPSA) is 101 Å². The second-order valence-corrected chi connectivity index (χ2v) is 8.80. The molecular weight excluding hydrogens is 380 g/mol. The van der Waals surface area contributed by atoms with Gasteiger partial charge in [0.25, 0.3) is 12.9 Å². The Hall–Kier alpha value is -1.48. The first-order valence-corrected chi connectivity index (χ1v) is 10.7. The second kappa shape index (κ2) is 11.5. The molecule has 4 atom stereocenters. The number of rotatable bonds is 3. The summed E-state index contributed by atoms with van der Waals surface area (Å²) in [6.07, 6.45) is 4.78. The summed E-state index contributed by atoms with van der Waals surface area (Å²) in [5.41, 5.74) is 1.44. The second-order valence-electron chi connectivity index (χ2n) is 7.80. The van der Waals surface area contributed by atoms with Gasteiger partial charge in [0.05, 0.1) is 6.10 Å². The number of hydrogen-bond donors (Lipinski definition) is 3. The van der Waals surface area contributed by atoms with Gasteiger partial charge in [-0.25, -0.2) is 0 Å². The molecule has 0 unspecified atom stereocenters. The molecule has 3 N–H and O–H groups in total. The molecular formula is C20H32N2O5S. The first kappa shape index (κ1) is 22.8. The lowest BCUT2D eigenvalue weighted by Crippen LogP contribution is -2.48. The largest absolute Gasteiger partial charge is 0.483 e. The Bertz CT molecular complexity index is 599. The predicted octanol–water partition coefficient (Wildman–Crippen LogP) is 2.13. The number of aliphatic hydroxyl groups excluding tert-OH is 1. The predicted molar refractivity (Wildman–Crippen MR) is 109 cm³/mol. The van der Waals surface area contributed by atoms with E-state index < -0.39 is 0 Å². The third-order valence-corrected chi connectivity index (χ3v) is 7.14. The van der Waals surface area contributed by atoms with Crippen molar-refractivity contribution in [2.45, 2.75) is 51.3 Å². The van der Waals surface area contributed by atoms with E-state index in [1.54, 1.807) is 0 Å². The highest BCUT2D eigenvalue weighted by molar-refractivity contribution is 7.10. The summed E-state index contributed by atoms with van der Waals surface area (Å²) in [7, 11) is 0. The molecule has 7 nitrogen and oxygen atoms in total. The van der Waals surface area contributed by atoms with Crippen molar-refractivity contribution in [1.82, 2.24) is 9.80 Å². The molecule has 8 heteroatoms. The van der Waals surface area contributed by atoms with E-state index in [9.17, 15) is 5.11 Å². The van der Waals surface area contributed by atoms with Crippen LogP contribution in [0.2, 0.25) is 0 Å². The Morgan fingerprint density at radius 3 is 2.21 bits per heavy atom. The minimum Gasteiger partial charge on any atom is -0.483 e. The summed E-state index contributed by atoms with van der Waals surface area (Å²) >= 11 is 1.89. The van der Waals surface area contributed by atoms with E-state index in [2.05, 4.69) is 28.2 Å². The summed E-state index contributed by atoms with van der Waals surface area (Å²) < 4.78 is 0. The number of fused-ring (bicyclic) bond motifs is 1. The van der Waals surface area contributed by atoms with Gasteiger partial charge in [-0.2, -0.15) is 0 Å². The van der Waals surface area contributed by atoms with Gasteiger partial charge in [-0.3, -0.25) is 19.4 Å². The molecule has 0 bridgehead atoms. The number of nitrogens with zero attached hydrogens (tertiary/aromatic N) is 2. The van der Waals surface area contributed by atoms with Crippen molar-refractivity contribution < 1.29 is 24.9 Å². The Morgan fingerprint density at radius 1 is 1.11 bits per heavy atom. The van der Waals surface area contributed by atoms with Crippen molar-refractivity contribution in [3.05, 3.63) is 21.9 Å². The van der Waals surface area contributed by atoms with Gasteiger partial charge in [-0.05, 0) is 74.5 Å². The van der Waals surface area contributed by atoms with Crippen molar-refractivity contribution in [2.24, 2.45) is 11.8 Å². The molecule has 3 aliphatic rings. The molecule has 1 aromatic rings. The van der Waals surface area contributed by atoms with Crippen molar-refractivity contribution in [1.29, 1.82) is 0 Å². The molecule has 2 aliphatic heterocycles. The lowest BCUT2D eigenvalue weighted by molar-refractivity contribution is -0.123. The zero-order valence-corrected chi connectivity index (χ0v) is 17.3. The van der Waals surface area contributed by atoms with Gasteiger partial charge < -0.3 is 15.3 Å². The summed E-state index contributed by atoms with van der Waals surface area (Å²) in [6, 6.07) is 2.67. The first-order valence-electron chi connectivity index (χ1n) is 9.87. The van der Waals surface area contributed by atoms with Gasteiger partial charge in [0.1, 0.15) is 0 Å². The van der Waals surface area contributed by atoms with Crippen LogP contribution in [-0.4, -0.2) is 76.4 Å². The molecule has 0 spiro atoms. The van der Waals surface area contributed by atoms with Crippen LogP contribution >= 0.6 is 11.3 Å². The van der Waals surface area contributed by atoms with Gasteiger partial charge in [-0.15, -0.1) is 11.3 Å². The van der Waals surface area contributed by atoms with Crippen LogP contribution < -0.4 is 0 Å². The van der Waals surface area contributed by atoms with Crippen LogP contribution in [0.3, 0.4) is 0 Å². The third-order valence-electron chi connectivity index (χ3n) is 6.13. The number of aliphatic hydroxyl groups is 1. The van der Waals surface area contributed by atoms with Crippen molar-refractivity contribution in [3.63, 3.8) is 0 Å². The Morgan fingerprint density at radius 2 is 1.68 bits per heavy atom. The van der Waals surface area contributed by atoms with Crippen LogP contribution in [0.5, 0.6) is 0 Å². The number of hydrogen-bond acceptors (Lipinski definition) is 6. The molecule has 1 aliphatic carbocycles. The zero-order chi connectivity index (χ0) is 20.5. The van der Waals surface area contributed by atoms with Crippen LogP contribution in [-0.2, 0) is 16.1 Å². The summed E-state index contributed by atoms with van der Waals surface area (Å²) in [5, 5.41) is 26.6. The molecule has 1 aromatic heterocycles. The average molecular weight is 413 g/mol. The van der Waals surface area contributed by atoms with E-state index in [-0.39, 0.29) is 19.0 Å². The normalized spacial score (nSPS) is 29.8. The fraction of sp³-hybridized carbons (Fsp3) is 0.700. The van der Waals surface area contributed by atoms with Crippen LogP contribution in [0.1, 0.15) is 36.1 Å². The van der Waals surface area contributed by atoms with Crippen LogP contribution in [0.25, 0.3) is 0 Å². The minimum absolute atomic E-state index is 0.0947. The molecule has 2 saturated heterocycles. The van der Waals surface area contributed by atoms with E-state index in [1.807, 2.05) is 11.3 Å². The first-order chi connectivity index (χ1) is 13.5. The maximum Gasteiger partial charge on any atom is 0.290 e. The van der Waals surface area contributed by atoms with Gasteiger partial charge in [-0.1, -0.05) is 0 Å². The maximum atomic E-state index is 10.6. The monoisotopic (exact) mass is 412 g/mol. The minimum atomic E-state index is -0.250. The van der Waals surface area contributed by atoms with E-state index in [0.717, 1.165) is 18.9 Å². The van der Waals surface area contributed by atoms with Crippen LogP contribution in [0, 0.1) is 18.8 Å². The number of carboxylic acid groups (broad SMARTS) is 2. The van der Waals surface area contributed by atoms with Crippen molar-refractivity contribution >= 4 is 24.3 Å². The Labute approximate surface area is 170 Å². The molecule has 1 saturated carbocycles. The molecule has 0 aromatic carbocycles. The zero-order valence-electron chi connectivity index (χ0n) is 16.4. The number of thiophene rings is 1. The van der Waals surface area contributed by atoms with Crippen molar-refractivity contribution in [3.8, 4) is 0 Å². The Kier molecular flexibility index (Phi) is 9.37. The van der Waals surface area contributed by atoms with E-state index in [0.29, 0.717) is 12.0 Å². The van der Waals surface area contributed by atoms with E-state index in [4.69, 9.17) is 19.8 Å². The quantitative estimate of drug-likeness (QED) is 0.654. The lowest BCUT2D eigenvalue weighted by atomic mass is 9.77. The number of likely N-dealkylation sites (tertiary alicyclic amines) is 2. The maximum absolute atomic E-state index is 10.6. The SMILES string of the molecule is Cc1ccsc1CN1C[C@H]2C[C@@H](N3CCCC3)[C@H](O)C[C@H]2C1.O=CO.O=CO. The standard InChI is InChI=1S/C18H28N2OS.2CH2O2/c1-13-4-7-22-18(13)12-19-10-14-8-16(20-5-2-3-6-20)17(21)9-15(14)11-19;2*2-1-3/h4,7,14-17,21H,2-3,5-6,8-12H2,1H3;2*1H,(H,2,3)/t14-,15+,16-,17-;;/m1../s1.